The van der Waals surface area contributed by atoms with Crippen molar-refractivity contribution in [3.63, 3.8) is 0 Å². The van der Waals surface area contributed by atoms with Gasteiger partial charge in [-0.25, -0.2) is 4.39 Å². The Morgan fingerprint density at radius 2 is 1.75 bits per heavy atom. The van der Waals surface area contributed by atoms with Gasteiger partial charge in [0.15, 0.2) is 0 Å². The van der Waals surface area contributed by atoms with Gasteiger partial charge >= 0.3 is 0 Å². The minimum Gasteiger partial charge on any atom is -0.329 e. The molecular weight excluding hydrogens is 303 g/mol. The maximum Gasteiger partial charge on any atom is 0.254 e. The van der Waals surface area contributed by atoms with Crippen LogP contribution in [0.15, 0.2) is 79.0 Å². The number of pyridine rings is 1. The molecule has 1 amide bonds. The number of aromatic nitrogens is 1. The van der Waals surface area contributed by atoms with E-state index in [0.717, 1.165) is 0 Å². The van der Waals surface area contributed by atoms with E-state index in [1.807, 2.05) is 36.4 Å². The van der Waals surface area contributed by atoms with Crippen molar-refractivity contribution in [1.29, 1.82) is 0 Å². The van der Waals surface area contributed by atoms with Crippen LogP contribution in [0.4, 0.5) is 4.39 Å². The van der Waals surface area contributed by atoms with Crippen LogP contribution < -0.4 is 0 Å². The number of amides is 1. The van der Waals surface area contributed by atoms with Gasteiger partial charge < -0.3 is 4.90 Å². The van der Waals surface area contributed by atoms with Crippen LogP contribution in [0, 0.1) is 5.82 Å². The quantitative estimate of drug-likeness (QED) is 0.725. The van der Waals surface area contributed by atoms with Gasteiger partial charge in [-0.15, -0.1) is 0 Å². The lowest BCUT2D eigenvalue weighted by molar-refractivity contribution is 0.0752. The Kier molecular flexibility index (Phi) is 4.66. The molecule has 1 heterocycles. The molecule has 0 N–H and O–H groups in total. The molecule has 0 fully saturated rings. The fourth-order valence-corrected chi connectivity index (χ4v) is 2.71. The number of halogens is 1. The molecule has 3 nitrogen and oxygen atoms in total. The van der Waals surface area contributed by atoms with E-state index in [2.05, 4.69) is 4.98 Å². The number of rotatable bonds is 4. The molecule has 0 saturated carbocycles. The second-order valence-electron chi connectivity index (χ2n) is 5.49. The average Bonchev–Trinajstić information content (AvgIpc) is 2.63. The van der Waals surface area contributed by atoms with Crippen molar-refractivity contribution in [2.24, 2.45) is 0 Å². The zero-order chi connectivity index (χ0) is 16.9. The number of benzene rings is 2. The van der Waals surface area contributed by atoms with E-state index in [1.54, 1.807) is 42.4 Å². The first-order valence-corrected chi connectivity index (χ1v) is 7.65. The highest BCUT2D eigenvalue weighted by molar-refractivity contribution is 5.94. The monoisotopic (exact) mass is 320 g/mol. The van der Waals surface area contributed by atoms with Crippen molar-refractivity contribution in [2.45, 2.75) is 6.04 Å². The predicted octanol–water partition coefficient (Wildman–Crippen LogP) is 4.08. The van der Waals surface area contributed by atoms with Gasteiger partial charge in [-0.2, -0.15) is 0 Å². The minimum atomic E-state index is -0.463. The maximum atomic E-state index is 13.7. The molecule has 0 spiro atoms. The average molecular weight is 320 g/mol. The molecule has 0 aliphatic rings. The summed E-state index contributed by atoms with van der Waals surface area (Å²) in [6.07, 6.45) is 1.67. The molecule has 0 aliphatic carbocycles. The maximum absolute atomic E-state index is 13.7. The summed E-state index contributed by atoms with van der Waals surface area (Å²) in [6, 6.07) is 20.3. The molecule has 1 atom stereocenters. The molecule has 3 aromatic rings. The van der Waals surface area contributed by atoms with E-state index in [0.29, 0.717) is 16.8 Å². The van der Waals surface area contributed by atoms with E-state index < -0.39 is 6.04 Å². The fourth-order valence-electron chi connectivity index (χ4n) is 2.71. The lowest BCUT2D eigenvalue weighted by Crippen LogP contribution is -2.32. The van der Waals surface area contributed by atoms with E-state index in [-0.39, 0.29) is 11.7 Å². The number of carbonyl (C=O) groups is 1. The van der Waals surface area contributed by atoms with E-state index in [1.165, 1.54) is 12.1 Å². The highest BCUT2D eigenvalue weighted by atomic mass is 19.1. The van der Waals surface area contributed by atoms with E-state index in [9.17, 15) is 9.18 Å². The van der Waals surface area contributed by atoms with Crippen molar-refractivity contribution in [2.75, 3.05) is 7.05 Å². The Bertz CT molecular complexity index is 821. The van der Waals surface area contributed by atoms with E-state index >= 15 is 0 Å². The first kappa shape index (κ1) is 15.9. The summed E-state index contributed by atoms with van der Waals surface area (Å²) in [5.74, 6) is -0.482. The Balaban J connectivity index is 2.03. The fraction of sp³-hybridized carbons (Fsp3) is 0.100. The Morgan fingerprint density at radius 3 is 2.42 bits per heavy atom. The zero-order valence-electron chi connectivity index (χ0n) is 13.3. The second kappa shape index (κ2) is 7.04. The van der Waals surface area contributed by atoms with Crippen molar-refractivity contribution in [3.05, 3.63) is 102 Å². The van der Waals surface area contributed by atoms with Crippen LogP contribution in [0.3, 0.4) is 0 Å². The SMILES string of the molecule is CN(C(=O)c1ccccc1)C(c1cccc(F)c1)c1ccccn1. The first-order valence-electron chi connectivity index (χ1n) is 7.65. The molecule has 1 unspecified atom stereocenters. The van der Waals surface area contributed by atoms with Gasteiger partial charge in [0.25, 0.3) is 5.91 Å². The third-order valence-electron chi connectivity index (χ3n) is 3.86. The molecule has 1 aromatic heterocycles. The second-order valence-corrected chi connectivity index (χ2v) is 5.49. The highest BCUT2D eigenvalue weighted by Crippen LogP contribution is 2.27. The summed E-state index contributed by atoms with van der Waals surface area (Å²) >= 11 is 0. The van der Waals surface area contributed by atoms with Crippen molar-refractivity contribution in [3.8, 4) is 0 Å². The van der Waals surface area contributed by atoms with Crippen LogP contribution in [-0.2, 0) is 0 Å². The topological polar surface area (TPSA) is 33.2 Å². The Morgan fingerprint density at radius 1 is 1.00 bits per heavy atom. The van der Waals surface area contributed by atoms with Crippen LogP contribution >= 0.6 is 0 Å². The lowest BCUT2D eigenvalue weighted by Gasteiger charge is -2.28. The van der Waals surface area contributed by atoms with Gasteiger partial charge in [0.2, 0.25) is 0 Å². The van der Waals surface area contributed by atoms with Crippen LogP contribution in [0.25, 0.3) is 0 Å². The smallest absolute Gasteiger partial charge is 0.254 e. The number of hydrogen-bond acceptors (Lipinski definition) is 2. The van der Waals surface area contributed by atoms with Crippen molar-refractivity contribution < 1.29 is 9.18 Å². The van der Waals surface area contributed by atoms with Gasteiger partial charge in [-0.3, -0.25) is 9.78 Å². The number of nitrogens with zero attached hydrogens (tertiary/aromatic N) is 2. The molecule has 0 radical (unpaired) electrons. The van der Waals surface area contributed by atoms with Gasteiger partial charge in [0.05, 0.1) is 11.7 Å². The molecule has 3 rings (SSSR count). The summed E-state index contributed by atoms with van der Waals surface area (Å²) in [5.41, 5.74) is 1.95. The predicted molar refractivity (Wildman–Crippen MR) is 91.0 cm³/mol. The highest BCUT2D eigenvalue weighted by Gasteiger charge is 2.25. The third-order valence-corrected chi connectivity index (χ3v) is 3.86. The summed E-state index contributed by atoms with van der Waals surface area (Å²) < 4.78 is 13.7. The van der Waals surface area contributed by atoms with Crippen LogP contribution in [-0.4, -0.2) is 22.8 Å². The van der Waals surface area contributed by atoms with Crippen molar-refractivity contribution >= 4 is 5.91 Å². The normalized spacial score (nSPS) is 11.8. The molecule has 120 valence electrons. The van der Waals surface area contributed by atoms with Gasteiger partial charge in [-0.05, 0) is 42.0 Å². The first-order chi connectivity index (χ1) is 11.7. The van der Waals surface area contributed by atoms with Gasteiger partial charge in [0.1, 0.15) is 5.82 Å². The van der Waals surface area contributed by atoms with Gasteiger partial charge in [0, 0.05) is 18.8 Å². The summed E-state index contributed by atoms with van der Waals surface area (Å²) in [4.78, 5) is 18.8. The van der Waals surface area contributed by atoms with Crippen LogP contribution in [0.2, 0.25) is 0 Å². The Hall–Kier alpha value is -3.01. The lowest BCUT2D eigenvalue weighted by atomic mass is 10.0. The summed E-state index contributed by atoms with van der Waals surface area (Å²) in [6.45, 7) is 0. The number of carbonyl (C=O) groups excluding carboxylic acids is 1. The molecule has 0 saturated heterocycles. The van der Waals surface area contributed by atoms with Crippen LogP contribution in [0.1, 0.15) is 27.7 Å². The molecule has 0 aliphatic heterocycles. The van der Waals surface area contributed by atoms with Gasteiger partial charge in [-0.1, -0.05) is 36.4 Å². The summed E-state index contributed by atoms with van der Waals surface area (Å²) in [7, 11) is 1.71. The third kappa shape index (κ3) is 3.33. The standard InChI is InChI=1S/C20H17FN2O/c1-23(20(24)15-8-3-2-4-9-15)19(18-12-5-6-13-22-18)16-10-7-11-17(21)14-16/h2-14,19H,1H3. The molecule has 4 heteroatoms. The largest absolute Gasteiger partial charge is 0.329 e. The molecule has 0 bridgehead atoms. The number of hydrogen-bond donors (Lipinski definition) is 0. The molecule has 2 aromatic carbocycles. The van der Waals surface area contributed by atoms with Crippen LogP contribution in [0.5, 0.6) is 0 Å². The minimum absolute atomic E-state index is 0.143. The zero-order valence-corrected chi connectivity index (χ0v) is 13.3. The molecular formula is C20H17FN2O. The van der Waals surface area contributed by atoms with E-state index in [4.69, 9.17) is 0 Å². The van der Waals surface area contributed by atoms with Crippen molar-refractivity contribution in [1.82, 2.24) is 9.88 Å². The summed E-state index contributed by atoms with van der Waals surface area (Å²) in [5, 5.41) is 0. The molecule has 24 heavy (non-hydrogen) atoms. The Labute approximate surface area is 140 Å².